The van der Waals surface area contributed by atoms with Crippen molar-refractivity contribution in [3.8, 4) is 5.75 Å². The van der Waals surface area contributed by atoms with Gasteiger partial charge in [-0.2, -0.15) is 0 Å². The molecule has 5 nitrogen and oxygen atoms in total. The van der Waals surface area contributed by atoms with Gasteiger partial charge < -0.3 is 14.9 Å². The second kappa shape index (κ2) is 8.72. The molecule has 0 aliphatic rings. The summed E-state index contributed by atoms with van der Waals surface area (Å²) in [4.78, 5) is 17.0. The Hall–Kier alpha value is -2.82. The van der Waals surface area contributed by atoms with E-state index in [1.807, 2.05) is 63.2 Å². The third-order valence-corrected chi connectivity index (χ3v) is 3.41. The van der Waals surface area contributed by atoms with E-state index in [0.717, 1.165) is 28.1 Å². The van der Waals surface area contributed by atoms with Crippen LogP contribution in [0, 0.1) is 13.8 Å². The third kappa shape index (κ3) is 5.12. The maximum Gasteiger partial charge on any atom is 0.265 e. The minimum atomic E-state index is -0.240. The van der Waals surface area contributed by atoms with E-state index >= 15 is 0 Å². The van der Waals surface area contributed by atoms with Crippen molar-refractivity contribution in [2.24, 2.45) is 5.16 Å². The second-order valence-electron chi connectivity index (χ2n) is 5.32. The molecule has 0 bridgehead atoms. The van der Waals surface area contributed by atoms with Crippen molar-refractivity contribution >= 4 is 17.8 Å². The topological polar surface area (TPSA) is 59.9 Å². The number of aryl methyl sites for hydroxylation is 2. The number of anilines is 1. The number of nitrogens with zero attached hydrogens (tertiary/aromatic N) is 1. The fourth-order valence-corrected chi connectivity index (χ4v) is 2.20. The monoisotopic (exact) mass is 326 g/mol. The molecule has 0 saturated carbocycles. The number of amides is 1. The fourth-order valence-electron chi connectivity index (χ4n) is 2.20. The highest BCUT2D eigenvalue weighted by atomic mass is 16.6. The number of carbonyl (C=O) groups is 1. The van der Waals surface area contributed by atoms with Crippen LogP contribution in [-0.2, 0) is 9.63 Å². The zero-order valence-electron chi connectivity index (χ0n) is 14.2. The lowest BCUT2D eigenvalue weighted by atomic mass is 10.1. The molecule has 0 saturated heterocycles. The second-order valence-corrected chi connectivity index (χ2v) is 5.32. The number of carbonyl (C=O) groups excluding carboxylic acids is 1. The number of para-hydroxylation sites is 1. The summed E-state index contributed by atoms with van der Waals surface area (Å²) in [7, 11) is 0. The predicted octanol–water partition coefficient (Wildman–Crippen LogP) is 3.69. The van der Waals surface area contributed by atoms with Crippen LogP contribution < -0.4 is 10.1 Å². The number of ether oxygens (including phenoxy) is 1. The standard InChI is InChI=1S/C19H22N2O3/c1-4-23-17-10-8-16(9-11-17)12-20-24-13-18(22)21-19-14(2)6-5-7-15(19)3/h5-12H,4,13H2,1-3H3,(H,21,22)/b20-12-. The van der Waals surface area contributed by atoms with Crippen molar-refractivity contribution < 1.29 is 14.4 Å². The number of hydrogen-bond acceptors (Lipinski definition) is 4. The summed E-state index contributed by atoms with van der Waals surface area (Å²) in [5.41, 5.74) is 3.72. The number of hydrogen-bond donors (Lipinski definition) is 1. The van der Waals surface area contributed by atoms with Gasteiger partial charge in [0.25, 0.3) is 5.91 Å². The van der Waals surface area contributed by atoms with E-state index in [1.54, 1.807) is 6.21 Å². The molecule has 24 heavy (non-hydrogen) atoms. The Morgan fingerprint density at radius 1 is 1.12 bits per heavy atom. The Kier molecular flexibility index (Phi) is 6.37. The summed E-state index contributed by atoms with van der Waals surface area (Å²) in [5, 5.41) is 6.66. The smallest absolute Gasteiger partial charge is 0.265 e. The van der Waals surface area contributed by atoms with Crippen LogP contribution in [0.15, 0.2) is 47.6 Å². The number of oxime groups is 1. The van der Waals surface area contributed by atoms with Crippen molar-refractivity contribution in [2.45, 2.75) is 20.8 Å². The molecule has 0 aromatic heterocycles. The van der Waals surface area contributed by atoms with E-state index in [1.165, 1.54) is 0 Å². The van der Waals surface area contributed by atoms with Gasteiger partial charge in [0.2, 0.25) is 0 Å². The van der Waals surface area contributed by atoms with Gasteiger partial charge in [-0.25, -0.2) is 0 Å². The molecule has 2 aromatic carbocycles. The molecule has 0 spiro atoms. The molecule has 0 radical (unpaired) electrons. The van der Waals surface area contributed by atoms with Crippen molar-refractivity contribution in [1.29, 1.82) is 0 Å². The Balaban J connectivity index is 1.81. The van der Waals surface area contributed by atoms with Crippen molar-refractivity contribution in [1.82, 2.24) is 0 Å². The van der Waals surface area contributed by atoms with Gasteiger partial charge in [-0.15, -0.1) is 0 Å². The first-order valence-corrected chi connectivity index (χ1v) is 7.84. The quantitative estimate of drug-likeness (QED) is 0.623. The largest absolute Gasteiger partial charge is 0.494 e. The molecular weight excluding hydrogens is 304 g/mol. The molecule has 5 heteroatoms. The zero-order valence-corrected chi connectivity index (χ0v) is 14.2. The van der Waals surface area contributed by atoms with Crippen LogP contribution in [-0.4, -0.2) is 25.3 Å². The number of nitrogens with one attached hydrogen (secondary N) is 1. The normalized spacial score (nSPS) is 10.6. The van der Waals surface area contributed by atoms with E-state index in [0.29, 0.717) is 6.61 Å². The molecule has 126 valence electrons. The average Bonchev–Trinajstić information content (AvgIpc) is 2.57. The van der Waals surface area contributed by atoms with Gasteiger partial charge in [-0.1, -0.05) is 23.4 Å². The molecule has 0 atom stereocenters. The minimum Gasteiger partial charge on any atom is -0.494 e. The highest BCUT2D eigenvalue weighted by Crippen LogP contribution is 2.19. The van der Waals surface area contributed by atoms with Crippen LogP contribution in [0.3, 0.4) is 0 Å². The van der Waals surface area contributed by atoms with Crippen molar-refractivity contribution in [2.75, 3.05) is 18.5 Å². The minimum absolute atomic E-state index is 0.138. The predicted molar refractivity (Wildman–Crippen MR) is 95.7 cm³/mol. The van der Waals surface area contributed by atoms with E-state index in [4.69, 9.17) is 9.57 Å². The van der Waals surface area contributed by atoms with Crippen LogP contribution >= 0.6 is 0 Å². The fraction of sp³-hybridized carbons (Fsp3) is 0.263. The average molecular weight is 326 g/mol. The first-order chi connectivity index (χ1) is 11.6. The van der Waals surface area contributed by atoms with E-state index < -0.39 is 0 Å². The van der Waals surface area contributed by atoms with Crippen LogP contribution in [0.25, 0.3) is 0 Å². The highest BCUT2D eigenvalue weighted by Gasteiger charge is 2.07. The van der Waals surface area contributed by atoms with Gasteiger partial charge in [0, 0.05) is 5.69 Å². The zero-order chi connectivity index (χ0) is 17.4. The summed E-state index contributed by atoms with van der Waals surface area (Å²) in [6.07, 6.45) is 1.56. The molecule has 0 unspecified atom stereocenters. The molecular formula is C19H22N2O3. The van der Waals surface area contributed by atoms with E-state index in [-0.39, 0.29) is 12.5 Å². The molecule has 0 aliphatic carbocycles. The number of rotatable bonds is 7. The Labute approximate surface area is 142 Å². The van der Waals surface area contributed by atoms with Gasteiger partial charge in [0.15, 0.2) is 6.61 Å². The first kappa shape index (κ1) is 17.5. The summed E-state index contributed by atoms with van der Waals surface area (Å²) in [6.45, 7) is 6.33. The van der Waals surface area contributed by atoms with Crippen LogP contribution in [0.2, 0.25) is 0 Å². The van der Waals surface area contributed by atoms with E-state index in [2.05, 4.69) is 10.5 Å². The van der Waals surface area contributed by atoms with Crippen LogP contribution in [0.4, 0.5) is 5.69 Å². The molecule has 1 N–H and O–H groups in total. The lowest BCUT2D eigenvalue weighted by Crippen LogP contribution is -2.18. The van der Waals surface area contributed by atoms with Gasteiger partial charge in [-0.3, -0.25) is 4.79 Å². The lowest BCUT2D eigenvalue weighted by Gasteiger charge is -2.10. The molecule has 0 fully saturated rings. The Morgan fingerprint density at radius 3 is 2.42 bits per heavy atom. The SMILES string of the molecule is CCOc1ccc(/C=N\OCC(=O)Nc2c(C)cccc2C)cc1. The molecule has 0 aliphatic heterocycles. The molecule has 2 rings (SSSR count). The molecule has 0 heterocycles. The van der Waals surface area contributed by atoms with Gasteiger partial charge in [-0.05, 0) is 61.7 Å². The van der Waals surface area contributed by atoms with Gasteiger partial charge in [0.1, 0.15) is 5.75 Å². The van der Waals surface area contributed by atoms with Gasteiger partial charge >= 0.3 is 0 Å². The first-order valence-electron chi connectivity index (χ1n) is 7.84. The van der Waals surface area contributed by atoms with Crippen LogP contribution in [0.5, 0.6) is 5.75 Å². The summed E-state index contributed by atoms with van der Waals surface area (Å²) >= 11 is 0. The van der Waals surface area contributed by atoms with E-state index in [9.17, 15) is 4.79 Å². The molecule has 2 aromatic rings. The highest BCUT2D eigenvalue weighted by molar-refractivity contribution is 5.93. The maximum atomic E-state index is 11.9. The Morgan fingerprint density at radius 2 is 1.79 bits per heavy atom. The van der Waals surface area contributed by atoms with Crippen molar-refractivity contribution in [3.05, 3.63) is 59.2 Å². The maximum absolute atomic E-state index is 11.9. The van der Waals surface area contributed by atoms with Crippen molar-refractivity contribution in [3.63, 3.8) is 0 Å². The summed E-state index contributed by atoms with van der Waals surface area (Å²) in [6, 6.07) is 13.3. The number of benzene rings is 2. The summed E-state index contributed by atoms with van der Waals surface area (Å²) < 4.78 is 5.37. The van der Waals surface area contributed by atoms with Crippen LogP contribution in [0.1, 0.15) is 23.6 Å². The lowest BCUT2D eigenvalue weighted by molar-refractivity contribution is -0.120. The Bertz CT molecular complexity index is 689. The summed E-state index contributed by atoms with van der Waals surface area (Å²) in [5.74, 6) is 0.569. The third-order valence-electron chi connectivity index (χ3n) is 3.41. The molecule has 1 amide bonds. The van der Waals surface area contributed by atoms with Gasteiger partial charge in [0.05, 0.1) is 12.8 Å².